The molecule has 6 nitrogen and oxygen atoms in total. The average molecular weight is 403 g/mol. The predicted molar refractivity (Wildman–Crippen MR) is 111 cm³/mol. The topological polar surface area (TPSA) is 57.9 Å². The molecule has 0 bridgehead atoms. The Labute approximate surface area is 171 Å². The molecule has 1 aliphatic heterocycles. The molecule has 0 unspecified atom stereocenters. The number of methoxy groups -OCH3 is 1. The first-order valence-corrected chi connectivity index (χ1v) is 10.1. The van der Waals surface area contributed by atoms with Gasteiger partial charge in [0.1, 0.15) is 11.6 Å². The Bertz CT molecular complexity index is 891. The van der Waals surface area contributed by atoms with E-state index in [4.69, 9.17) is 4.74 Å². The van der Waals surface area contributed by atoms with E-state index in [9.17, 15) is 14.3 Å². The standard InChI is InChI=1S/C22H30FN3O3/c1-4-24-8-10-25(11-9-24)21(17-6-5-7-18(23)15-17)20-19(27)14-16(2)26(22(20)28)12-13-29-3/h5-7,14-15,21,27H,4,8-13H2,1-3H3/t21-/m0/s1. The van der Waals surface area contributed by atoms with Gasteiger partial charge in [-0.2, -0.15) is 0 Å². The molecule has 1 N–H and O–H groups in total. The lowest BCUT2D eigenvalue weighted by atomic mass is 9.96. The number of likely N-dealkylation sites (N-methyl/N-ethyl adjacent to an activating group) is 1. The molecule has 0 amide bonds. The van der Waals surface area contributed by atoms with E-state index in [1.807, 2.05) is 6.07 Å². The zero-order valence-corrected chi connectivity index (χ0v) is 17.4. The molecule has 1 saturated heterocycles. The van der Waals surface area contributed by atoms with Crippen molar-refractivity contribution in [3.05, 3.63) is 63.3 Å². The molecule has 0 aliphatic carbocycles. The lowest BCUT2D eigenvalue weighted by Crippen LogP contribution is -2.48. The van der Waals surface area contributed by atoms with Crippen LogP contribution < -0.4 is 5.56 Å². The number of nitrogens with zero attached hydrogens (tertiary/aromatic N) is 3. The van der Waals surface area contributed by atoms with Crippen LogP contribution in [0.15, 0.2) is 35.1 Å². The van der Waals surface area contributed by atoms with E-state index in [0.29, 0.717) is 30.0 Å². The van der Waals surface area contributed by atoms with Crippen LogP contribution in [0.4, 0.5) is 4.39 Å². The average Bonchev–Trinajstić information content (AvgIpc) is 2.71. The van der Waals surface area contributed by atoms with Crippen molar-refractivity contribution in [3.63, 3.8) is 0 Å². The van der Waals surface area contributed by atoms with Crippen LogP contribution in [0.1, 0.15) is 29.8 Å². The highest BCUT2D eigenvalue weighted by atomic mass is 19.1. The van der Waals surface area contributed by atoms with E-state index in [1.165, 1.54) is 12.1 Å². The van der Waals surface area contributed by atoms with Gasteiger partial charge in [0.15, 0.2) is 0 Å². The van der Waals surface area contributed by atoms with Gasteiger partial charge < -0.3 is 19.3 Å². The molecule has 0 saturated carbocycles. The summed E-state index contributed by atoms with van der Waals surface area (Å²) < 4.78 is 20.8. The maximum Gasteiger partial charge on any atom is 0.259 e. The van der Waals surface area contributed by atoms with E-state index >= 15 is 0 Å². The highest BCUT2D eigenvalue weighted by Crippen LogP contribution is 2.33. The molecule has 2 heterocycles. The van der Waals surface area contributed by atoms with Crippen LogP contribution in [0, 0.1) is 12.7 Å². The summed E-state index contributed by atoms with van der Waals surface area (Å²) in [7, 11) is 1.59. The highest BCUT2D eigenvalue weighted by molar-refractivity contribution is 5.41. The van der Waals surface area contributed by atoms with E-state index in [1.54, 1.807) is 30.7 Å². The molecule has 0 radical (unpaired) electrons. The normalized spacial score (nSPS) is 16.8. The third-order valence-corrected chi connectivity index (χ3v) is 5.70. The van der Waals surface area contributed by atoms with Gasteiger partial charge in [0.05, 0.1) is 18.2 Å². The van der Waals surface area contributed by atoms with E-state index in [2.05, 4.69) is 16.7 Å². The minimum atomic E-state index is -0.508. The summed E-state index contributed by atoms with van der Waals surface area (Å²) in [5.41, 5.74) is 1.38. The number of piperazine rings is 1. The molecule has 2 aromatic rings. The molecule has 1 aromatic carbocycles. The SMILES string of the molecule is CCN1CCN([C@@H](c2cccc(F)c2)c2c(O)cc(C)n(CCOC)c2=O)CC1. The third kappa shape index (κ3) is 4.69. The minimum absolute atomic E-state index is 0.0478. The molecule has 0 spiro atoms. The second-order valence-electron chi connectivity index (χ2n) is 7.46. The van der Waals surface area contributed by atoms with Crippen molar-refractivity contribution < 1.29 is 14.2 Å². The third-order valence-electron chi connectivity index (χ3n) is 5.70. The number of pyridine rings is 1. The maximum absolute atomic E-state index is 14.0. The maximum atomic E-state index is 14.0. The fourth-order valence-corrected chi connectivity index (χ4v) is 4.06. The molecule has 1 aliphatic rings. The number of hydrogen-bond acceptors (Lipinski definition) is 5. The van der Waals surface area contributed by atoms with Crippen molar-refractivity contribution in [1.82, 2.24) is 14.4 Å². The van der Waals surface area contributed by atoms with Gasteiger partial charge in [-0.25, -0.2) is 4.39 Å². The Balaban J connectivity index is 2.10. The summed E-state index contributed by atoms with van der Waals surface area (Å²) in [6, 6.07) is 7.41. The lowest BCUT2D eigenvalue weighted by Gasteiger charge is -2.39. The van der Waals surface area contributed by atoms with Crippen LogP contribution in [-0.4, -0.2) is 65.9 Å². The van der Waals surface area contributed by atoms with Crippen LogP contribution in [0.2, 0.25) is 0 Å². The number of aromatic hydroxyl groups is 1. The van der Waals surface area contributed by atoms with Gasteiger partial charge >= 0.3 is 0 Å². The Morgan fingerprint density at radius 1 is 1.21 bits per heavy atom. The largest absolute Gasteiger partial charge is 0.507 e. The Morgan fingerprint density at radius 3 is 2.55 bits per heavy atom. The van der Waals surface area contributed by atoms with Gasteiger partial charge in [-0.15, -0.1) is 0 Å². The number of halogens is 1. The van der Waals surface area contributed by atoms with E-state index in [-0.39, 0.29) is 17.1 Å². The van der Waals surface area contributed by atoms with Gasteiger partial charge in [0, 0.05) is 45.5 Å². The van der Waals surface area contributed by atoms with Crippen molar-refractivity contribution in [1.29, 1.82) is 0 Å². The molecular weight excluding hydrogens is 373 g/mol. The summed E-state index contributed by atoms with van der Waals surface area (Å²) in [6.07, 6.45) is 0. The van der Waals surface area contributed by atoms with Crippen LogP contribution in [0.3, 0.4) is 0 Å². The van der Waals surface area contributed by atoms with Crippen LogP contribution >= 0.6 is 0 Å². The second-order valence-corrected chi connectivity index (χ2v) is 7.46. The quantitative estimate of drug-likeness (QED) is 0.769. The van der Waals surface area contributed by atoms with Crippen molar-refractivity contribution in [2.24, 2.45) is 0 Å². The smallest absolute Gasteiger partial charge is 0.259 e. The molecule has 3 rings (SSSR count). The van der Waals surface area contributed by atoms with Crippen LogP contribution in [0.5, 0.6) is 5.75 Å². The first-order valence-electron chi connectivity index (χ1n) is 10.1. The first kappa shape index (κ1) is 21.5. The van der Waals surface area contributed by atoms with Crippen LogP contribution in [-0.2, 0) is 11.3 Å². The zero-order valence-electron chi connectivity index (χ0n) is 17.4. The van der Waals surface area contributed by atoms with E-state index < -0.39 is 6.04 Å². The second kappa shape index (κ2) is 9.52. The fourth-order valence-electron chi connectivity index (χ4n) is 4.06. The fraction of sp³-hybridized carbons (Fsp3) is 0.500. The summed E-state index contributed by atoms with van der Waals surface area (Å²) in [5, 5.41) is 10.8. The summed E-state index contributed by atoms with van der Waals surface area (Å²) >= 11 is 0. The minimum Gasteiger partial charge on any atom is -0.507 e. The molecule has 1 aromatic heterocycles. The monoisotopic (exact) mass is 403 g/mol. The van der Waals surface area contributed by atoms with Gasteiger partial charge in [0.25, 0.3) is 5.56 Å². The van der Waals surface area contributed by atoms with Gasteiger partial charge in [-0.1, -0.05) is 19.1 Å². The first-order chi connectivity index (χ1) is 14.0. The molecule has 1 atom stereocenters. The molecule has 158 valence electrons. The highest BCUT2D eigenvalue weighted by Gasteiger charge is 2.31. The summed E-state index contributed by atoms with van der Waals surface area (Å²) in [5.74, 6) is -0.403. The number of aryl methyl sites for hydroxylation is 1. The summed E-state index contributed by atoms with van der Waals surface area (Å²) in [4.78, 5) is 17.9. The molecule has 29 heavy (non-hydrogen) atoms. The van der Waals surface area contributed by atoms with Crippen molar-refractivity contribution >= 4 is 0 Å². The Morgan fingerprint density at radius 2 is 1.93 bits per heavy atom. The van der Waals surface area contributed by atoms with Gasteiger partial charge in [-0.05, 0) is 37.2 Å². The molecule has 7 heteroatoms. The van der Waals surface area contributed by atoms with Crippen molar-refractivity contribution in [3.8, 4) is 5.75 Å². The molecule has 1 fully saturated rings. The zero-order chi connectivity index (χ0) is 21.0. The summed E-state index contributed by atoms with van der Waals surface area (Å²) in [6.45, 7) is 8.88. The number of hydrogen-bond donors (Lipinski definition) is 1. The van der Waals surface area contributed by atoms with E-state index in [0.717, 1.165) is 32.7 Å². The molecular formula is C22H30FN3O3. The van der Waals surface area contributed by atoms with Gasteiger partial charge in [-0.3, -0.25) is 9.69 Å². The Kier molecular flexibility index (Phi) is 7.05. The number of rotatable bonds is 7. The van der Waals surface area contributed by atoms with Crippen molar-refractivity contribution in [2.45, 2.75) is 26.4 Å². The van der Waals surface area contributed by atoms with Crippen molar-refractivity contribution in [2.75, 3.05) is 46.4 Å². The van der Waals surface area contributed by atoms with Gasteiger partial charge in [0.2, 0.25) is 0 Å². The lowest BCUT2D eigenvalue weighted by molar-refractivity contribution is 0.111. The van der Waals surface area contributed by atoms with Crippen LogP contribution in [0.25, 0.3) is 0 Å². The number of ether oxygens (including phenoxy) is 1. The Hall–Kier alpha value is -2.22. The predicted octanol–water partition coefficient (Wildman–Crippen LogP) is 2.37. The number of benzene rings is 1. The number of aromatic nitrogens is 1.